The van der Waals surface area contributed by atoms with Crippen molar-refractivity contribution >= 4 is 0 Å². The molecule has 0 aliphatic rings. The van der Waals surface area contributed by atoms with Gasteiger partial charge >= 0.3 is 5.69 Å². The molecule has 9 nitrogen and oxygen atoms in total. The number of nitrogens with zero attached hydrogens (tertiary/aromatic N) is 6. The number of methoxy groups -OCH3 is 1. The summed E-state index contributed by atoms with van der Waals surface area (Å²) in [7, 11) is 1.64. The van der Waals surface area contributed by atoms with Crippen LogP contribution in [0.5, 0.6) is 5.75 Å². The Balaban J connectivity index is 1.51. The Hall–Kier alpha value is -4.53. The maximum Gasteiger partial charge on any atom is 0.333 e. The monoisotopic (exact) mass is 495 g/mol. The zero-order chi connectivity index (χ0) is 25.8. The lowest BCUT2D eigenvalue weighted by Crippen LogP contribution is -2.25. The molecule has 188 valence electrons. The Morgan fingerprint density at radius 3 is 2.57 bits per heavy atom. The van der Waals surface area contributed by atoms with E-state index in [1.165, 1.54) is 0 Å². The lowest BCUT2D eigenvalue weighted by molar-refractivity contribution is 0.412. The van der Waals surface area contributed by atoms with E-state index >= 15 is 0 Å². The van der Waals surface area contributed by atoms with Crippen molar-refractivity contribution < 1.29 is 4.74 Å². The number of tetrazole rings is 1. The van der Waals surface area contributed by atoms with E-state index in [0.29, 0.717) is 23.8 Å². The minimum absolute atomic E-state index is 0.0703. The first kappa shape index (κ1) is 24.2. The predicted octanol–water partition coefficient (Wildman–Crippen LogP) is 4.45. The minimum Gasteiger partial charge on any atom is -0.495 e. The molecule has 5 aromatic rings. The Bertz CT molecular complexity index is 1530. The second-order valence-electron chi connectivity index (χ2n) is 8.78. The van der Waals surface area contributed by atoms with Crippen molar-refractivity contribution in [3.8, 4) is 34.1 Å². The van der Waals surface area contributed by atoms with Gasteiger partial charge in [-0.2, -0.15) is 0 Å². The van der Waals surface area contributed by atoms with E-state index in [1.807, 2.05) is 65.4 Å². The number of hydrogen-bond acceptors (Lipinski definition) is 6. The number of para-hydroxylation sites is 1. The summed E-state index contributed by atoms with van der Waals surface area (Å²) in [4.78, 5) is 18.2. The van der Waals surface area contributed by atoms with Crippen LogP contribution >= 0.6 is 0 Å². The van der Waals surface area contributed by atoms with Crippen molar-refractivity contribution in [1.29, 1.82) is 0 Å². The molecule has 3 heterocycles. The largest absolute Gasteiger partial charge is 0.495 e. The van der Waals surface area contributed by atoms with Gasteiger partial charge in [0.05, 0.1) is 19.3 Å². The second-order valence-corrected chi connectivity index (χ2v) is 8.78. The van der Waals surface area contributed by atoms with Gasteiger partial charge in [-0.3, -0.25) is 14.1 Å². The van der Waals surface area contributed by atoms with Crippen molar-refractivity contribution in [3.63, 3.8) is 0 Å². The Morgan fingerprint density at radius 2 is 1.86 bits per heavy atom. The van der Waals surface area contributed by atoms with E-state index in [0.717, 1.165) is 52.9 Å². The summed E-state index contributed by atoms with van der Waals surface area (Å²) in [5.41, 5.74) is 6.44. The van der Waals surface area contributed by atoms with Gasteiger partial charge in [-0.15, -0.1) is 5.10 Å². The highest BCUT2D eigenvalue weighted by molar-refractivity contribution is 5.77. The number of imidazole rings is 1. The smallest absolute Gasteiger partial charge is 0.333 e. The summed E-state index contributed by atoms with van der Waals surface area (Å²) in [6, 6.07) is 18.0. The average molecular weight is 496 g/mol. The first-order valence-electron chi connectivity index (χ1n) is 12.4. The topological polar surface area (TPSA) is 104 Å². The van der Waals surface area contributed by atoms with E-state index in [-0.39, 0.29) is 5.69 Å². The van der Waals surface area contributed by atoms with Gasteiger partial charge in [-0.25, -0.2) is 9.89 Å². The molecule has 0 unspecified atom stereocenters. The van der Waals surface area contributed by atoms with Crippen LogP contribution in [0.2, 0.25) is 0 Å². The molecule has 1 N–H and O–H groups in total. The van der Waals surface area contributed by atoms with Crippen LogP contribution in [0.4, 0.5) is 0 Å². The number of H-pyrrole nitrogens is 1. The van der Waals surface area contributed by atoms with E-state index in [9.17, 15) is 4.79 Å². The number of hydrogen-bond donors (Lipinski definition) is 1. The zero-order valence-electron chi connectivity index (χ0n) is 21.2. The molecule has 5 rings (SSSR count). The van der Waals surface area contributed by atoms with Crippen LogP contribution in [0.25, 0.3) is 28.3 Å². The average Bonchev–Trinajstić information content (AvgIpc) is 3.58. The summed E-state index contributed by atoms with van der Waals surface area (Å²) in [5.74, 6) is 1.21. The highest BCUT2D eigenvalue weighted by Gasteiger charge is 2.18. The molecule has 0 aliphatic heterocycles. The van der Waals surface area contributed by atoms with E-state index < -0.39 is 0 Å². The van der Waals surface area contributed by atoms with Gasteiger partial charge in [0.15, 0.2) is 5.82 Å². The quantitative estimate of drug-likeness (QED) is 0.324. The van der Waals surface area contributed by atoms with Crippen molar-refractivity contribution in [3.05, 3.63) is 94.3 Å². The molecule has 0 saturated heterocycles. The van der Waals surface area contributed by atoms with Crippen LogP contribution in [0.3, 0.4) is 0 Å². The minimum atomic E-state index is -0.0703. The summed E-state index contributed by atoms with van der Waals surface area (Å²) >= 11 is 0. The number of ether oxygens (including phenoxy) is 1. The number of nitrogens with one attached hydrogen (secondary N) is 1. The summed E-state index contributed by atoms with van der Waals surface area (Å²) < 4.78 is 9.23. The maximum atomic E-state index is 13.7. The molecule has 0 saturated carbocycles. The number of rotatable bonds is 9. The second kappa shape index (κ2) is 10.6. The fourth-order valence-electron chi connectivity index (χ4n) is 4.66. The van der Waals surface area contributed by atoms with E-state index in [1.54, 1.807) is 17.9 Å². The van der Waals surface area contributed by atoms with Crippen molar-refractivity contribution in [2.75, 3.05) is 7.11 Å². The lowest BCUT2D eigenvalue weighted by Gasteiger charge is -2.13. The van der Waals surface area contributed by atoms with Gasteiger partial charge in [0, 0.05) is 23.7 Å². The van der Waals surface area contributed by atoms with Gasteiger partial charge in [-0.05, 0) is 52.1 Å². The number of aryl methyl sites for hydroxylation is 2. The van der Waals surface area contributed by atoms with Gasteiger partial charge in [0.1, 0.15) is 11.4 Å². The predicted molar refractivity (Wildman–Crippen MR) is 142 cm³/mol. The molecule has 3 aromatic heterocycles. The molecule has 0 fully saturated rings. The third kappa shape index (κ3) is 4.67. The van der Waals surface area contributed by atoms with Crippen LogP contribution in [0, 0.1) is 0 Å². The van der Waals surface area contributed by atoms with Crippen LogP contribution in [0.1, 0.15) is 37.1 Å². The molecule has 0 spiro atoms. The summed E-state index contributed by atoms with van der Waals surface area (Å²) in [5, 5.41) is 14.1. The first-order chi connectivity index (χ1) is 18.1. The van der Waals surface area contributed by atoms with Crippen molar-refractivity contribution in [2.24, 2.45) is 0 Å². The number of pyridine rings is 1. The molecule has 2 aromatic carbocycles. The molecule has 0 radical (unpaired) electrons. The van der Waals surface area contributed by atoms with Crippen LogP contribution in [-0.2, 0) is 19.4 Å². The van der Waals surface area contributed by atoms with Crippen molar-refractivity contribution in [1.82, 2.24) is 34.7 Å². The van der Waals surface area contributed by atoms with Gasteiger partial charge < -0.3 is 4.74 Å². The van der Waals surface area contributed by atoms with E-state index in [4.69, 9.17) is 4.74 Å². The van der Waals surface area contributed by atoms with Crippen LogP contribution in [-0.4, -0.2) is 41.9 Å². The zero-order valence-corrected chi connectivity index (χ0v) is 21.2. The Kier molecular flexibility index (Phi) is 6.93. The Morgan fingerprint density at radius 1 is 1.03 bits per heavy atom. The fourth-order valence-corrected chi connectivity index (χ4v) is 4.66. The SMILES string of the molecule is CCCc1cn(-c2c(CC)cccc2OC)c(=O)n1Cc1ccc(-c2cccnc2-c2nnn[nH]2)cc1. The molecule has 37 heavy (non-hydrogen) atoms. The normalized spacial score (nSPS) is 11.1. The van der Waals surface area contributed by atoms with Gasteiger partial charge in [-0.1, -0.05) is 62.7 Å². The van der Waals surface area contributed by atoms with E-state index in [2.05, 4.69) is 39.5 Å². The third-order valence-electron chi connectivity index (χ3n) is 6.48. The van der Waals surface area contributed by atoms with Crippen LogP contribution in [0.15, 0.2) is 71.8 Å². The molecule has 0 atom stereocenters. The third-order valence-corrected chi connectivity index (χ3v) is 6.48. The Labute approximate surface area is 214 Å². The van der Waals surface area contributed by atoms with Crippen LogP contribution < -0.4 is 10.4 Å². The molecule has 9 heteroatoms. The molecular weight excluding hydrogens is 466 g/mol. The number of benzene rings is 2. The molecule has 0 aliphatic carbocycles. The molecule has 0 bridgehead atoms. The lowest BCUT2D eigenvalue weighted by atomic mass is 10.0. The standard InChI is InChI=1S/C28H29N7O2/c1-4-8-22-18-35(26-20(5-2)9-6-11-24(26)37-3)28(36)34(22)17-19-12-14-21(15-13-19)23-10-7-16-29-25(23)27-30-32-33-31-27/h6-7,9-16,18H,4-5,8,17H2,1-3H3,(H,30,31,32,33). The molecular formula is C28H29N7O2. The first-order valence-corrected chi connectivity index (χ1v) is 12.4. The van der Waals surface area contributed by atoms with Crippen molar-refractivity contribution in [2.45, 2.75) is 39.7 Å². The number of aromatic amines is 1. The van der Waals surface area contributed by atoms with Gasteiger partial charge in [0.2, 0.25) is 0 Å². The summed E-state index contributed by atoms with van der Waals surface area (Å²) in [6.07, 6.45) is 6.23. The maximum absolute atomic E-state index is 13.7. The number of aromatic nitrogens is 7. The highest BCUT2D eigenvalue weighted by Crippen LogP contribution is 2.29. The van der Waals surface area contributed by atoms with Gasteiger partial charge in [0.25, 0.3) is 0 Å². The molecule has 0 amide bonds. The summed E-state index contributed by atoms with van der Waals surface area (Å²) in [6.45, 7) is 4.68. The highest BCUT2D eigenvalue weighted by atomic mass is 16.5. The fraction of sp³-hybridized carbons (Fsp3) is 0.250.